The number of nitrogens with zero attached hydrogens (tertiary/aromatic N) is 5. The summed E-state index contributed by atoms with van der Waals surface area (Å²) in [6.45, 7) is 8.61. The Morgan fingerprint density at radius 2 is 1.87 bits per heavy atom. The van der Waals surface area contributed by atoms with Crippen LogP contribution in [0.4, 0.5) is 5.69 Å². The Balaban J connectivity index is 1.26. The van der Waals surface area contributed by atoms with Gasteiger partial charge in [-0.2, -0.15) is 4.98 Å². The van der Waals surface area contributed by atoms with E-state index in [1.54, 1.807) is 0 Å². The molecule has 1 fully saturated rings. The van der Waals surface area contributed by atoms with Gasteiger partial charge in [0.15, 0.2) is 5.82 Å². The molecule has 1 saturated heterocycles. The third-order valence-electron chi connectivity index (χ3n) is 6.06. The smallest absolute Gasteiger partial charge is 0.258 e. The van der Waals surface area contributed by atoms with Crippen molar-refractivity contribution in [3.05, 3.63) is 70.6 Å². The highest BCUT2D eigenvalue weighted by molar-refractivity contribution is 6.31. The fourth-order valence-corrected chi connectivity index (χ4v) is 4.31. The lowest BCUT2D eigenvalue weighted by Crippen LogP contribution is -2.46. The van der Waals surface area contributed by atoms with E-state index in [9.17, 15) is 0 Å². The first-order valence-corrected chi connectivity index (χ1v) is 10.9. The van der Waals surface area contributed by atoms with Crippen LogP contribution in [0.3, 0.4) is 0 Å². The number of rotatable bonds is 4. The standard InChI is InChI=1S/C24H24ClN5O/c1-16-4-3-5-19(17(16)2)24-27-23(28-31-24)15-29-10-12-30(13-11-29)22-8-9-26-21-14-18(25)6-7-20(21)22/h3-9,14H,10-13,15H2,1-2H3. The summed E-state index contributed by atoms with van der Waals surface area (Å²) in [5.41, 5.74) is 5.54. The molecule has 1 aliphatic heterocycles. The van der Waals surface area contributed by atoms with Crippen LogP contribution in [-0.2, 0) is 6.54 Å². The van der Waals surface area contributed by atoms with E-state index in [1.165, 1.54) is 16.8 Å². The van der Waals surface area contributed by atoms with Gasteiger partial charge in [-0.1, -0.05) is 28.9 Å². The van der Waals surface area contributed by atoms with E-state index in [-0.39, 0.29) is 0 Å². The van der Waals surface area contributed by atoms with Gasteiger partial charge in [0.05, 0.1) is 12.1 Å². The molecule has 0 atom stereocenters. The van der Waals surface area contributed by atoms with Crippen LogP contribution >= 0.6 is 11.6 Å². The molecule has 0 radical (unpaired) electrons. The predicted octanol–water partition coefficient (Wildman–Crippen LogP) is 4.88. The Morgan fingerprint density at radius 1 is 1.03 bits per heavy atom. The summed E-state index contributed by atoms with van der Waals surface area (Å²) in [5.74, 6) is 1.32. The second kappa shape index (κ2) is 8.29. The summed E-state index contributed by atoms with van der Waals surface area (Å²) < 4.78 is 5.56. The molecule has 0 saturated carbocycles. The van der Waals surface area contributed by atoms with Crippen molar-refractivity contribution in [2.75, 3.05) is 31.1 Å². The molecular formula is C24H24ClN5O. The van der Waals surface area contributed by atoms with Gasteiger partial charge in [0, 0.05) is 54.0 Å². The number of aromatic nitrogens is 3. The lowest BCUT2D eigenvalue weighted by atomic mass is 10.0. The van der Waals surface area contributed by atoms with E-state index in [1.807, 2.05) is 30.5 Å². The van der Waals surface area contributed by atoms with E-state index in [2.05, 4.69) is 57.0 Å². The molecule has 1 aliphatic rings. The van der Waals surface area contributed by atoms with Gasteiger partial charge in [-0.05, 0) is 55.3 Å². The van der Waals surface area contributed by atoms with Crippen LogP contribution in [0, 0.1) is 13.8 Å². The van der Waals surface area contributed by atoms with Crippen molar-refractivity contribution in [2.24, 2.45) is 0 Å². The fourth-order valence-electron chi connectivity index (χ4n) is 4.14. The molecule has 5 rings (SSSR count). The molecule has 4 aromatic rings. The normalized spacial score (nSPS) is 15.0. The Morgan fingerprint density at radius 3 is 2.71 bits per heavy atom. The number of pyridine rings is 1. The highest BCUT2D eigenvalue weighted by atomic mass is 35.5. The zero-order valence-corrected chi connectivity index (χ0v) is 18.4. The maximum Gasteiger partial charge on any atom is 0.258 e. The average Bonchev–Trinajstić information content (AvgIpc) is 3.24. The number of hydrogen-bond acceptors (Lipinski definition) is 6. The first-order chi connectivity index (χ1) is 15.1. The van der Waals surface area contributed by atoms with Gasteiger partial charge in [0.2, 0.25) is 0 Å². The van der Waals surface area contributed by atoms with Gasteiger partial charge >= 0.3 is 0 Å². The number of piperazine rings is 1. The summed E-state index contributed by atoms with van der Waals surface area (Å²) in [5, 5.41) is 6.07. The van der Waals surface area contributed by atoms with Crippen LogP contribution in [0.1, 0.15) is 17.0 Å². The molecule has 0 spiro atoms. The maximum absolute atomic E-state index is 6.13. The van der Waals surface area contributed by atoms with E-state index in [0.29, 0.717) is 17.5 Å². The highest BCUT2D eigenvalue weighted by Crippen LogP contribution is 2.28. The van der Waals surface area contributed by atoms with Crippen LogP contribution in [0.2, 0.25) is 5.02 Å². The maximum atomic E-state index is 6.13. The number of anilines is 1. The van der Waals surface area contributed by atoms with Gasteiger partial charge in [0.1, 0.15) is 0 Å². The first-order valence-electron chi connectivity index (χ1n) is 10.5. The molecule has 3 heterocycles. The molecule has 6 nitrogen and oxygen atoms in total. The molecule has 0 amide bonds. The number of fused-ring (bicyclic) bond motifs is 1. The van der Waals surface area contributed by atoms with Crippen molar-refractivity contribution in [3.63, 3.8) is 0 Å². The summed E-state index contributed by atoms with van der Waals surface area (Å²) in [4.78, 5) is 13.9. The summed E-state index contributed by atoms with van der Waals surface area (Å²) in [7, 11) is 0. The fraction of sp³-hybridized carbons (Fsp3) is 0.292. The van der Waals surface area contributed by atoms with Crippen LogP contribution < -0.4 is 4.90 Å². The van der Waals surface area contributed by atoms with Gasteiger partial charge < -0.3 is 9.42 Å². The molecule has 2 aromatic heterocycles. The van der Waals surface area contributed by atoms with Crippen LogP contribution in [0.5, 0.6) is 0 Å². The van der Waals surface area contributed by atoms with E-state index < -0.39 is 0 Å². The zero-order valence-electron chi connectivity index (χ0n) is 17.7. The van der Waals surface area contributed by atoms with Crippen molar-refractivity contribution in [3.8, 4) is 11.5 Å². The minimum Gasteiger partial charge on any atom is -0.368 e. The monoisotopic (exact) mass is 433 g/mol. The second-order valence-corrected chi connectivity index (χ2v) is 8.45. The van der Waals surface area contributed by atoms with Crippen LogP contribution in [0.15, 0.2) is 53.2 Å². The first kappa shape index (κ1) is 20.0. The Labute approximate surface area is 186 Å². The van der Waals surface area contributed by atoms with E-state index in [0.717, 1.165) is 48.5 Å². The number of halogens is 1. The molecule has 31 heavy (non-hydrogen) atoms. The zero-order chi connectivity index (χ0) is 21.4. The minimum atomic E-state index is 0.594. The highest BCUT2D eigenvalue weighted by Gasteiger charge is 2.21. The molecule has 0 unspecified atom stereocenters. The quantitative estimate of drug-likeness (QED) is 0.457. The van der Waals surface area contributed by atoms with Crippen molar-refractivity contribution in [1.29, 1.82) is 0 Å². The molecule has 158 valence electrons. The minimum absolute atomic E-state index is 0.594. The Bertz CT molecular complexity index is 1230. The lowest BCUT2D eigenvalue weighted by molar-refractivity contribution is 0.240. The van der Waals surface area contributed by atoms with Crippen molar-refractivity contribution in [1.82, 2.24) is 20.0 Å². The van der Waals surface area contributed by atoms with E-state index >= 15 is 0 Å². The van der Waals surface area contributed by atoms with Crippen molar-refractivity contribution in [2.45, 2.75) is 20.4 Å². The Hall–Kier alpha value is -2.96. The van der Waals surface area contributed by atoms with Gasteiger partial charge in [-0.15, -0.1) is 0 Å². The topological polar surface area (TPSA) is 58.3 Å². The van der Waals surface area contributed by atoms with Gasteiger partial charge in [0.25, 0.3) is 5.89 Å². The molecule has 0 N–H and O–H groups in total. The van der Waals surface area contributed by atoms with Gasteiger partial charge in [-0.25, -0.2) is 0 Å². The second-order valence-electron chi connectivity index (χ2n) is 8.02. The molecule has 2 aromatic carbocycles. The third kappa shape index (κ3) is 4.01. The average molecular weight is 434 g/mol. The molecule has 0 aliphatic carbocycles. The molecule has 0 bridgehead atoms. The summed E-state index contributed by atoms with van der Waals surface area (Å²) in [6.07, 6.45) is 1.86. The predicted molar refractivity (Wildman–Crippen MR) is 123 cm³/mol. The third-order valence-corrected chi connectivity index (χ3v) is 6.30. The SMILES string of the molecule is Cc1cccc(-c2nc(CN3CCN(c4ccnc5cc(Cl)ccc45)CC3)no2)c1C. The number of benzene rings is 2. The van der Waals surface area contributed by atoms with Crippen molar-refractivity contribution < 1.29 is 4.52 Å². The van der Waals surface area contributed by atoms with Crippen molar-refractivity contribution >= 4 is 28.2 Å². The van der Waals surface area contributed by atoms with Gasteiger partial charge in [-0.3, -0.25) is 9.88 Å². The largest absolute Gasteiger partial charge is 0.368 e. The summed E-state index contributed by atoms with van der Waals surface area (Å²) >= 11 is 6.13. The summed E-state index contributed by atoms with van der Waals surface area (Å²) in [6, 6.07) is 14.1. The lowest BCUT2D eigenvalue weighted by Gasteiger charge is -2.36. The molecule has 7 heteroatoms. The van der Waals surface area contributed by atoms with Crippen LogP contribution in [0.25, 0.3) is 22.4 Å². The molecular weight excluding hydrogens is 410 g/mol. The Kier molecular flexibility index (Phi) is 5.34. The van der Waals surface area contributed by atoms with Crippen LogP contribution in [-0.4, -0.2) is 46.2 Å². The van der Waals surface area contributed by atoms with E-state index in [4.69, 9.17) is 16.1 Å². The number of aryl methyl sites for hydroxylation is 1. The number of hydrogen-bond donors (Lipinski definition) is 0.